The van der Waals surface area contributed by atoms with Crippen LogP contribution in [0.2, 0.25) is 0 Å². The first-order valence-electron chi connectivity index (χ1n) is 6.99. The normalized spacial score (nSPS) is 32.2. The van der Waals surface area contributed by atoms with E-state index in [1.165, 1.54) is 6.42 Å². The summed E-state index contributed by atoms with van der Waals surface area (Å²) in [6.45, 7) is 7.44. The average Bonchev–Trinajstić information content (AvgIpc) is 2.24. The molecule has 18 heavy (non-hydrogen) atoms. The number of hydrogen-bond donors (Lipinski definition) is 1. The van der Waals surface area contributed by atoms with Gasteiger partial charge in [0.1, 0.15) is 5.60 Å². The summed E-state index contributed by atoms with van der Waals surface area (Å²) in [5, 5.41) is 9.47. The van der Waals surface area contributed by atoms with Crippen LogP contribution in [0, 0.1) is 17.8 Å². The first-order valence-corrected chi connectivity index (χ1v) is 6.99. The minimum absolute atomic E-state index is 0.198. The molecule has 0 aromatic rings. The van der Waals surface area contributed by atoms with E-state index in [0.717, 1.165) is 25.9 Å². The van der Waals surface area contributed by atoms with Gasteiger partial charge < -0.3 is 14.7 Å². The second-order valence-electron chi connectivity index (χ2n) is 6.68. The van der Waals surface area contributed by atoms with Crippen molar-refractivity contribution in [1.29, 1.82) is 0 Å². The summed E-state index contributed by atoms with van der Waals surface area (Å²) >= 11 is 0. The van der Waals surface area contributed by atoms with Gasteiger partial charge in [0, 0.05) is 19.7 Å². The minimum Gasteiger partial charge on any atom is -0.444 e. The molecule has 1 heterocycles. The van der Waals surface area contributed by atoms with Gasteiger partial charge >= 0.3 is 6.09 Å². The molecular weight excluding hydrogens is 230 g/mol. The standard InChI is InChI=1S/C14H25NO3/c1-14(2,3)18-13(17)15-7-10-5-4-6-11(8-15)12(10)9-16/h10-12,16H,4-9H2,1-3H3/t10-,11+,12?. The number of aliphatic hydroxyl groups excluding tert-OH is 1. The second-order valence-corrected chi connectivity index (χ2v) is 6.68. The number of aliphatic hydroxyl groups is 1. The highest BCUT2D eigenvalue weighted by Gasteiger charge is 2.41. The van der Waals surface area contributed by atoms with Crippen LogP contribution in [0.4, 0.5) is 4.79 Å². The lowest BCUT2D eigenvalue weighted by Crippen LogP contribution is -2.52. The van der Waals surface area contributed by atoms with Crippen LogP contribution in [0.3, 0.4) is 0 Å². The average molecular weight is 255 g/mol. The van der Waals surface area contributed by atoms with Gasteiger partial charge in [0.25, 0.3) is 0 Å². The van der Waals surface area contributed by atoms with E-state index < -0.39 is 5.60 Å². The molecule has 1 saturated heterocycles. The number of nitrogens with zero attached hydrogens (tertiary/aromatic N) is 1. The Morgan fingerprint density at radius 3 is 2.28 bits per heavy atom. The van der Waals surface area contributed by atoms with E-state index in [1.54, 1.807) is 0 Å². The first kappa shape index (κ1) is 13.7. The number of likely N-dealkylation sites (tertiary alicyclic amines) is 1. The molecule has 2 bridgehead atoms. The molecule has 4 heteroatoms. The monoisotopic (exact) mass is 255 g/mol. The Morgan fingerprint density at radius 2 is 1.83 bits per heavy atom. The molecule has 1 saturated carbocycles. The minimum atomic E-state index is -0.431. The molecule has 3 atom stereocenters. The zero-order valence-corrected chi connectivity index (χ0v) is 11.7. The van der Waals surface area contributed by atoms with Crippen molar-refractivity contribution in [2.75, 3.05) is 19.7 Å². The maximum absolute atomic E-state index is 12.1. The van der Waals surface area contributed by atoms with Crippen molar-refractivity contribution in [2.24, 2.45) is 17.8 Å². The Hall–Kier alpha value is -0.770. The molecule has 1 aliphatic heterocycles. The number of carbonyl (C=O) groups excluding carboxylic acids is 1. The van der Waals surface area contributed by atoms with Gasteiger partial charge in [0.2, 0.25) is 0 Å². The van der Waals surface area contributed by atoms with Gasteiger partial charge in [-0.05, 0) is 51.4 Å². The predicted molar refractivity (Wildman–Crippen MR) is 69.2 cm³/mol. The lowest BCUT2D eigenvalue weighted by Gasteiger charge is -2.46. The van der Waals surface area contributed by atoms with E-state index in [4.69, 9.17) is 4.74 Å². The summed E-state index contributed by atoms with van der Waals surface area (Å²) in [5.74, 6) is 1.29. The molecule has 4 nitrogen and oxygen atoms in total. The number of amides is 1. The second kappa shape index (κ2) is 5.08. The molecule has 2 fully saturated rings. The third-order valence-electron chi connectivity index (χ3n) is 4.13. The molecule has 0 spiro atoms. The first-order chi connectivity index (χ1) is 8.40. The predicted octanol–water partition coefficient (Wildman–Crippen LogP) is 2.26. The molecule has 104 valence electrons. The van der Waals surface area contributed by atoms with Gasteiger partial charge in [-0.2, -0.15) is 0 Å². The molecular formula is C14H25NO3. The molecule has 0 aromatic carbocycles. The third kappa shape index (κ3) is 2.97. The Kier molecular flexibility index (Phi) is 3.85. The quantitative estimate of drug-likeness (QED) is 0.782. The number of rotatable bonds is 1. The summed E-state index contributed by atoms with van der Waals surface area (Å²) in [6, 6.07) is 0. The van der Waals surface area contributed by atoms with E-state index in [9.17, 15) is 9.90 Å². The highest BCUT2D eigenvalue weighted by atomic mass is 16.6. The van der Waals surface area contributed by atoms with Gasteiger partial charge in [-0.3, -0.25) is 0 Å². The molecule has 1 N–H and O–H groups in total. The fourth-order valence-electron chi connectivity index (χ4n) is 3.32. The third-order valence-corrected chi connectivity index (χ3v) is 4.13. The summed E-state index contributed by atoms with van der Waals surface area (Å²) in [5.41, 5.74) is -0.431. The molecule has 1 amide bonds. The van der Waals surface area contributed by atoms with Crippen molar-refractivity contribution in [3.05, 3.63) is 0 Å². The SMILES string of the molecule is CC(C)(C)OC(=O)N1C[C@H]2CCC[C@@H](C1)C2CO. The van der Waals surface area contributed by atoms with Crippen molar-refractivity contribution in [2.45, 2.75) is 45.6 Å². The van der Waals surface area contributed by atoms with Crippen molar-refractivity contribution in [1.82, 2.24) is 4.90 Å². The smallest absolute Gasteiger partial charge is 0.410 e. The van der Waals surface area contributed by atoms with Crippen LogP contribution in [0.25, 0.3) is 0 Å². The van der Waals surface area contributed by atoms with Crippen LogP contribution >= 0.6 is 0 Å². The number of hydrogen-bond acceptors (Lipinski definition) is 3. The van der Waals surface area contributed by atoms with Crippen molar-refractivity contribution in [3.8, 4) is 0 Å². The number of fused-ring (bicyclic) bond motifs is 2. The molecule has 0 radical (unpaired) electrons. The molecule has 1 aliphatic carbocycles. The Labute approximate surface area is 109 Å². The van der Waals surface area contributed by atoms with Crippen molar-refractivity contribution >= 4 is 6.09 Å². The van der Waals surface area contributed by atoms with E-state index in [-0.39, 0.29) is 12.7 Å². The van der Waals surface area contributed by atoms with Gasteiger partial charge in [-0.15, -0.1) is 0 Å². The number of ether oxygens (including phenoxy) is 1. The van der Waals surface area contributed by atoms with E-state index in [2.05, 4.69) is 0 Å². The summed E-state index contributed by atoms with van der Waals surface area (Å²) in [4.78, 5) is 13.9. The largest absolute Gasteiger partial charge is 0.444 e. The van der Waals surface area contributed by atoms with Gasteiger partial charge in [0.15, 0.2) is 0 Å². The highest BCUT2D eigenvalue weighted by molar-refractivity contribution is 5.68. The maximum atomic E-state index is 12.1. The maximum Gasteiger partial charge on any atom is 0.410 e. The molecule has 0 aromatic heterocycles. The van der Waals surface area contributed by atoms with Crippen LogP contribution in [-0.4, -0.2) is 41.4 Å². The molecule has 1 unspecified atom stereocenters. The fraction of sp³-hybridized carbons (Fsp3) is 0.929. The zero-order valence-electron chi connectivity index (χ0n) is 11.7. The van der Waals surface area contributed by atoms with Crippen LogP contribution in [-0.2, 0) is 4.74 Å². The van der Waals surface area contributed by atoms with Gasteiger partial charge in [-0.25, -0.2) is 4.79 Å². The number of piperidine rings is 1. The van der Waals surface area contributed by atoms with Crippen molar-refractivity contribution < 1.29 is 14.6 Å². The lowest BCUT2D eigenvalue weighted by molar-refractivity contribution is -0.0284. The van der Waals surface area contributed by atoms with Crippen molar-refractivity contribution in [3.63, 3.8) is 0 Å². The summed E-state index contributed by atoms with van der Waals surface area (Å²) < 4.78 is 5.44. The summed E-state index contributed by atoms with van der Waals surface area (Å²) in [6.07, 6.45) is 3.28. The van der Waals surface area contributed by atoms with Crippen LogP contribution in [0.15, 0.2) is 0 Å². The lowest BCUT2D eigenvalue weighted by atomic mass is 9.69. The Balaban J connectivity index is 1.99. The van der Waals surface area contributed by atoms with Crippen LogP contribution in [0.1, 0.15) is 40.0 Å². The Bertz CT molecular complexity index is 297. The summed E-state index contributed by atoms with van der Waals surface area (Å²) in [7, 11) is 0. The van der Waals surface area contributed by atoms with E-state index in [0.29, 0.717) is 17.8 Å². The highest BCUT2D eigenvalue weighted by Crippen LogP contribution is 2.39. The zero-order chi connectivity index (χ0) is 13.3. The van der Waals surface area contributed by atoms with E-state index >= 15 is 0 Å². The number of carbonyl (C=O) groups is 1. The van der Waals surface area contributed by atoms with Gasteiger partial charge in [-0.1, -0.05) is 6.42 Å². The van der Waals surface area contributed by atoms with Crippen LogP contribution < -0.4 is 0 Å². The topological polar surface area (TPSA) is 49.8 Å². The van der Waals surface area contributed by atoms with Gasteiger partial charge in [0.05, 0.1) is 0 Å². The fourth-order valence-corrected chi connectivity index (χ4v) is 3.32. The Morgan fingerprint density at radius 1 is 1.28 bits per heavy atom. The van der Waals surface area contributed by atoms with E-state index in [1.807, 2.05) is 25.7 Å². The van der Waals surface area contributed by atoms with Crippen LogP contribution in [0.5, 0.6) is 0 Å². The molecule has 2 rings (SSSR count). The molecule has 2 aliphatic rings.